The molecule has 0 spiro atoms. The average Bonchev–Trinajstić information content (AvgIpc) is 3.41. The summed E-state index contributed by atoms with van der Waals surface area (Å²) in [5.41, 5.74) is 5.74. The van der Waals surface area contributed by atoms with E-state index < -0.39 is 0 Å². The lowest BCUT2D eigenvalue weighted by atomic mass is 9.95. The molecule has 0 saturated carbocycles. The fourth-order valence-corrected chi connectivity index (χ4v) is 4.68. The molecule has 0 radical (unpaired) electrons. The number of nitrogens with zero attached hydrogens (tertiary/aromatic N) is 2. The summed E-state index contributed by atoms with van der Waals surface area (Å²) >= 11 is 0. The summed E-state index contributed by atoms with van der Waals surface area (Å²) in [4.78, 5) is 27.0. The summed E-state index contributed by atoms with van der Waals surface area (Å²) in [6, 6.07) is 8.17. The topological polar surface area (TPSA) is 75.6 Å². The number of benzene rings is 1. The van der Waals surface area contributed by atoms with E-state index in [-0.39, 0.29) is 17.7 Å². The molecule has 2 N–H and O–H groups in total. The minimum atomic E-state index is -0.0818. The molecule has 1 atom stereocenters. The highest BCUT2D eigenvalue weighted by molar-refractivity contribution is 6.34. The van der Waals surface area contributed by atoms with Gasteiger partial charge in [0, 0.05) is 62.3 Å². The average molecular weight is 421 g/mol. The van der Waals surface area contributed by atoms with Gasteiger partial charge in [-0.1, -0.05) is 6.07 Å². The van der Waals surface area contributed by atoms with Gasteiger partial charge in [-0.05, 0) is 48.2 Å². The second-order valence-electron chi connectivity index (χ2n) is 8.65. The van der Waals surface area contributed by atoms with Crippen molar-refractivity contribution in [1.82, 2.24) is 14.8 Å². The van der Waals surface area contributed by atoms with Crippen LogP contribution in [0.5, 0.6) is 0 Å². The Morgan fingerprint density at radius 3 is 2.77 bits per heavy atom. The van der Waals surface area contributed by atoms with Crippen LogP contribution in [-0.2, 0) is 34.3 Å². The first-order valence-electron chi connectivity index (χ1n) is 11.0. The standard InChI is InChI=1S/C24H28N4O3/c1-27-14-17(15-28-6-8-31-9-7-28)11-19(27)13-21-20-12-16(2-3-22(20)26-24(21)30)10-18-4-5-25-23(18)29/h2-3,11-14,18H,4-10,15H2,1H3,(H,25,29)(H,26,30). The van der Waals surface area contributed by atoms with Crippen molar-refractivity contribution in [2.45, 2.75) is 19.4 Å². The van der Waals surface area contributed by atoms with Gasteiger partial charge in [-0.3, -0.25) is 14.5 Å². The van der Waals surface area contributed by atoms with E-state index in [1.54, 1.807) is 0 Å². The summed E-state index contributed by atoms with van der Waals surface area (Å²) in [5.74, 6) is 0.0647. The normalized spacial score (nSPS) is 22.6. The number of amides is 2. The van der Waals surface area contributed by atoms with Crippen LogP contribution in [0, 0.1) is 5.92 Å². The van der Waals surface area contributed by atoms with Crippen molar-refractivity contribution in [2.24, 2.45) is 13.0 Å². The van der Waals surface area contributed by atoms with Crippen LogP contribution in [0.4, 0.5) is 5.69 Å². The number of carbonyl (C=O) groups excluding carboxylic acids is 2. The number of fused-ring (bicyclic) bond motifs is 1. The van der Waals surface area contributed by atoms with E-state index in [1.807, 2.05) is 25.3 Å². The van der Waals surface area contributed by atoms with Gasteiger partial charge in [-0.25, -0.2) is 0 Å². The van der Waals surface area contributed by atoms with Crippen molar-refractivity contribution in [2.75, 3.05) is 38.2 Å². The van der Waals surface area contributed by atoms with Crippen molar-refractivity contribution in [3.8, 4) is 0 Å². The van der Waals surface area contributed by atoms with Crippen LogP contribution < -0.4 is 10.6 Å². The Morgan fingerprint density at radius 1 is 1.16 bits per heavy atom. The lowest BCUT2D eigenvalue weighted by Gasteiger charge is -2.26. The van der Waals surface area contributed by atoms with Crippen molar-refractivity contribution >= 4 is 29.2 Å². The monoisotopic (exact) mass is 420 g/mol. The molecule has 5 rings (SSSR count). The van der Waals surface area contributed by atoms with Gasteiger partial charge in [-0.15, -0.1) is 0 Å². The number of aromatic nitrogens is 1. The second-order valence-corrected chi connectivity index (χ2v) is 8.65. The third kappa shape index (κ3) is 4.16. The quantitative estimate of drug-likeness (QED) is 0.726. The molecule has 1 unspecified atom stereocenters. The van der Waals surface area contributed by atoms with E-state index in [2.05, 4.69) is 38.4 Å². The molecule has 2 saturated heterocycles. The zero-order chi connectivity index (χ0) is 21.4. The molecule has 3 aliphatic heterocycles. The van der Waals surface area contributed by atoms with Gasteiger partial charge in [0.1, 0.15) is 0 Å². The van der Waals surface area contributed by atoms with Crippen molar-refractivity contribution in [1.29, 1.82) is 0 Å². The third-order valence-corrected chi connectivity index (χ3v) is 6.41. The maximum Gasteiger partial charge on any atom is 0.256 e. The lowest BCUT2D eigenvalue weighted by molar-refractivity contribution is -0.122. The Bertz CT molecular complexity index is 1050. The SMILES string of the molecule is Cn1cc(CN2CCOCC2)cc1C=C1C(=O)Nc2ccc(CC3CCNC3=O)cc21. The zero-order valence-corrected chi connectivity index (χ0v) is 17.8. The second kappa shape index (κ2) is 8.32. The van der Waals surface area contributed by atoms with Crippen molar-refractivity contribution < 1.29 is 14.3 Å². The van der Waals surface area contributed by atoms with Crippen LogP contribution in [0.1, 0.15) is 28.8 Å². The predicted octanol–water partition coefficient (Wildman–Crippen LogP) is 2.03. The van der Waals surface area contributed by atoms with Gasteiger partial charge in [0.2, 0.25) is 5.91 Å². The largest absolute Gasteiger partial charge is 0.379 e. The summed E-state index contributed by atoms with van der Waals surface area (Å²) in [5, 5.41) is 5.87. The number of morpholine rings is 1. The van der Waals surface area contributed by atoms with Crippen LogP contribution in [0.15, 0.2) is 30.5 Å². The third-order valence-electron chi connectivity index (χ3n) is 6.41. The molecule has 2 amide bonds. The highest BCUT2D eigenvalue weighted by Gasteiger charge is 2.27. The fraction of sp³-hybridized carbons (Fsp3) is 0.417. The molecule has 3 aliphatic rings. The van der Waals surface area contributed by atoms with Gasteiger partial charge >= 0.3 is 0 Å². The highest BCUT2D eigenvalue weighted by Crippen LogP contribution is 2.35. The first kappa shape index (κ1) is 20.0. The van der Waals surface area contributed by atoms with E-state index >= 15 is 0 Å². The van der Waals surface area contributed by atoms with Crippen LogP contribution >= 0.6 is 0 Å². The number of hydrogen-bond donors (Lipinski definition) is 2. The summed E-state index contributed by atoms with van der Waals surface area (Å²) in [7, 11) is 2.01. The Morgan fingerprint density at radius 2 is 2.00 bits per heavy atom. The number of aryl methyl sites for hydroxylation is 1. The molecule has 7 heteroatoms. The van der Waals surface area contributed by atoms with E-state index in [9.17, 15) is 9.59 Å². The van der Waals surface area contributed by atoms with Crippen molar-refractivity contribution in [3.05, 3.63) is 52.8 Å². The molecule has 162 valence electrons. The number of hydrogen-bond acceptors (Lipinski definition) is 4. The van der Waals surface area contributed by atoms with Gasteiger partial charge in [0.15, 0.2) is 0 Å². The summed E-state index contributed by atoms with van der Waals surface area (Å²) in [6.07, 6.45) is 5.67. The van der Waals surface area contributed by atoms with Gasteiger partial charge < -0.3 is 19.9 Å². The highest BCUT2D eigenvalue weighted by atomic mass is 16.5. The van der Waals surface area contributed by atoms with Gasteiger partial charge in [-0.2, -0.15) is 0 Å². The molecule has 2 aromatic rings. The molecule has 2 fully saturated rings. The summed E-state index contributed by atoms with van der Waals surface area (Å²) < 4.78 is 7.50. The van der Waals surface area contributed by atoms with Gasteiger partial charge in [0.25, 0.3) is 5.91 Å². The van der Waals surface area contributed by atoms with E-state index in [4.69, 9.17) is 4.74 Å². The Balaban J connectivity index is 1.39. The Hall–Kier alpha value is -2.90. The van der Waals surface area contributed by atoms with Crippen LogP contribution in [-0.4, -0.2) is 54.1 Å². The number of nitrogens with one attached hydrogen (secondary N) is 2. The maximum atomic E-state index is 12.7. The van der Waals surface area contributed by atoms with Crippen LogP contribution in [0.25, 0.3) is 11.6 Å². The van der Waals surface area contributed by atoms with E-state index in [1.165, 1.54) is 5.56 Å². The smallest absolute Gasteiger partial charge is 0.256 e. The lowest BCUT2D eigenvalue weighted by Crippen LogP contribution is -2.35. The minimum absolute atomic E-state index is 0.0196. The molecule has 0 aliphatic carbocycles. The molecular formula is C24H28N4O3. The van der Waals surface area contributed by atoms with E-state index in [0.29, 0.717) is 12.0 Å². The van der Waals surface area contributed by atoms with Gasteiger partial charge in [0.05, 0.1) is 18.8 Å². The van der Waals surface area contributed by atoms with E-state index in [0.717, 1.165) is 68.3 Å². The molecule has 1 aromatic carbocycles. The number of anilines is 1. The molecule has 31 heavy (non-hydrogen) atoms. The molecule has 0 bridgehead atoms. The predicted molar refractivity (Wildman–Crippen MR) is 119 cm³/mol. The molecule has 7 nitrogen and oxygen atoms in total. The molecular weight excluding hydrogens is 392 g/mol. The van der Waals surface area contributed by atoms with Crippen molar-refractivity contribution in [3.63, 3.8) is 0 Å². The number of ether oxygens (including phenoxy) is 1. The minimum Gasteiger partial charge on any atom is -0.379 e. The van der Waals surface area contributed by atoms with Crippen LogP contribution in [0.2, 0.25) is 0 Å². The maximum absolute atomic E-state index is 12.7. The molecule has 1 aromatic heterocycles. The van der Waals surface area contributed by atoms with Crippen LogP contribution in [0.3, 0.4) is 0 Å². The number of carbonyl (C=O) groups is 2. The Kier molecular flexibility index (Phi) is 5.38. The zero-order valence-electron chi connectivity index (χ0n) is 17.8. The first-order valence-corrected chi connectivity index (χ1v) is 11.0. The molecule has 4 heterocycles. The summed E-state index contributed by atoms with van der Waals surface area (Å²) in [6.45, 7) is 5.10. The first-order chi connectivity index (χ1) is 15.1. The fourth-order valence-electron chi connectivity index (χ4n) is 4.68. The Labute approximate surface area is 182 Å². The number of rotatable bonds is 5.